The van der Waals surface area contributed by atoms with Crippen LogP contribution in [0.3, 0.4) is 0 Å². The van der Waals surface area contributed by atoms with E-state index < -0.39 is 0 Å². The lowest BCUT2D eigenvalue weighted by Gasteiger charge is -2.22. The number of nitrogens with one attached hydrogen (secondary N) is 2. The van der Waals surface area contributed by atoms with Gasteiger partial charge in [-0.25, -0.2) is 4.98 Å². The number of aromatic nitrogens is 1. The fraction of sp³-hybridized carbons (Fsp3) is 0.750. The third kappa shape index (κ3) is 4.04. The van der Waals surface area contributed by atoms with Gasteiger partial charge in [-0.05, 0) is 25.7 Å². The summed E-state index contributed by atoms with van der Waals surface area (Å²) in [6, 6.07) is 0. The Morgan fingerprint density at radius 2 is 2.00 bits per heavy atom. The van der Waals surface area contributed by atoms with Crippen molar-refractivity contribution >= 4 is 17.2 Å². The van der Waals surface area contributed by atoms with E-state index in [1.807, 2.05) is 17.5 Å². The number of nitrogens with zero attached hydrogens (tertiary/aromatic N) is 1. The van der Waals surface area contributed by atoms with Crippen molar-refractivity contribution in [3.63, 3.8) is 0 Å². The highest BCUT2D eigenvalue weighted by Crippen LogP contribution is 2.38. The Hall–Kier alpha value is -0.940. The first-order chi connectivity index (χ1) is 10.3. The summed E-state index contributed by atoms with van der Waals surface area (Å²) in [4.78, 5) is 17.7. The number of carbonyl (C=O) groups is 1. The highest BCUT2D eigenvalue weighted by molar-refractivity contribution is 7.11. The topological polar surface area (TPSA) is 54.0 Å². The van der Waals surface area contributed by atoms with Crippen LogP contribution in [0.5, 0.6) is 0 Å². The average Bonchev–Trinajstić information content (AvgIpc) is 3.07. The zero-order valence-corrected chi connectivity index (χ0v) is 13.4. The van der Waals surface area contributed by atoms with Crippen molar-refractivity contribution in [1.82, 2.24) is 15.6 Å². The first kappa shape index (κ1) is 15.0. The van der Waals surface area contributed by atoms with E-state index in [0.717, 1.165) is 38.4 Å². The molecule has 2 aliphatic rings. The summed E-state index contributed by atoms with van der Waals surface area (Å²) in [5.74, 6) is 1.25. The van der Waals surface area contributed by atoms with Crippen LogP contribution in [0, 0.1) is 5.92 Å². The maximum absolute atomic E-state index is 11.8. The molecule has 5 heteroatoms. The molecule has 0 spiro atoms. The first-order valence-electron chi connectivity index (χ1n) is 8.26. The van der Waals surface area contributed by atoms with Crippen LogP contribution < -0.4 is 10.6 Å². The van der Waals surface area contributed by atoms with Crippen LogP contribution in [0.1, 0.15) is 60.7 Å². The minimum atomic E-state index is 0.249. The van der Waals surface area contributed by atoms with Gasteiger partial charge < -0.3 is 10.6 Å². The first-order valence-corrected chi connectivity index (χ1v) is 9.07. The number of rotatable bonds is 7. The lowest BCUT2D eigenvalue weighted by molar-refractivity contribution is -0.124. The van der Waals surface area contributed by atoms with E-state index in [1.54, 1.807) is 0 Å². The van der Waals surface area contributed by atoms with Crippen molar-refractivity contribution in [3.05, 3.63) is 16.1 Å². The van der Waals surface area contributed by atoms with Gasteiger partial charge in [0.1, 0.15) is 0 Å². The molecule has 0 aromatic carbocycles. The molecule has 3 rings (SSSR count). The van der Waals surface area contributed by atoms with Crippen molar-refractivity contribution < 1.29 is 4.79 Å². The predicted octanol–water partition coefficient (Wildman–Crippen LogP) is 2.81. The lowest BCUT2D eigenvalue weighted by atomic mass is 9.86. The smallest absolute Gasteiger partial charge is 0.223 e. The quantitative estimate of drug-likeness (QED) is 0.762. The van der Waals surface area contributed by atoms with Crippen LogP contribution >= 0.6 is 11.3 Å². The lowest BCUT2D eigenvalue weighted by Crippen LogP contribution is -2.34. The number of hydrogen-bond acceptors (Lipinski definition) is 4. The normalized spacial score (nSPS) is 19.6. The summed E-state index contributed by atoms with van der Waals surface area (Å²) in [7, 11) is 0. The van der Waals surface area contributed by atoms with E-state index in [2.05, 4.69) is 15.6 Å². The molecule has 0 bridgehead atoms. The summed E-state index contributed by atoms with van der Waals surface area (Å²) in [5.41, 5.74) is 0. The Balaban J connectivity index is 1.29. The second kappa shape index (κ2) is 7.36. The van der Waals surface area contributed by atoms with Gasteiger partial charge in [0, 0.05) is 42.5 Å². The second-order valence-electron chi connectivity index (χ2n) is 6.24. The van der Waals surface area contributed by atoms with Crippen molar-refractivity contribution in [2.75, 3.05) is 13.1 Å². The summed E-state index contributed by atoms with van der Waals surface area (Å²) in [5, 5.41) is 7.74. The molecule has 1 aromatic rings. The molecular formula is C16H25N3OS. The summed E-state index contributed by atoms with van der Waals surface area (Å²) in [6.07, 6.45) is 10.6. The standard InChI is InChI=1S/C16H25N3OS/c20-15(12-4-1-2-5-12)18-9-8-17-10-14-11-19-16(21-14)13-6-3-7-13/h11-13,17H,1-10H2,(H,18,20). The summed E-state index contributed by atoms with van der Waals surface area (Å²) >= 11 is 1.84. The third-order valence-corrected chi connectivity index (χ3v) is 5.81. The van der Waals surface area contributed by atoms with Crippen LogP contribution in [0.15, 0.2) is 6.20 Å². The number of carbonyl (C=O) groups excluding carboxylic acids is 1. The van der Waals surface area contributed by atoms with Crippen LogP contribution in [-0.4, -0.2) is 24.0 Å². The van der Waals surface area contributed by atoms with E-state index in [4.69, 9.17) is 0 Å². The van der Waals surface area contributed by atoms with E-state index in [-0.39, 0.29) is 11.8 Å². The Morgan fingerprint density at radius 3 is 2.71 bits per heavy atom. The number of hydrogen-bond donors (Lipinski definition) is 2. The maximum Gasteiger partial charge on any atom is 0.223 e. The van der Waals surface area contributed by atoms with Gasteiger partial charge in [0.25, 0.3) is 0 Å². The Kier molecular flexibility index (Phi) is 5.25. The van der Waals surface area contributed by atoms with Gasteiger partial charge >= 0.3 is 0 Å². The van der Waals surface area contributed by atoms with Crippen molar-refractivity contribution in [2.24, 2.45) is 5.92 Å². The Labute approximate surface area is 130 Å². The monoisotopic (exact) mass is 307 g/mol. The van der Waals surface area contributed by atoms with Crippen molar-refractivity contribution in [1.29, 1.82) is 0 Å². The molecule has 1 amide bonds. The molecule has 0 saturated heterocycles. The predicted molar refractivity (Wildman–Crippen MR) is 85.4 cm³/mol. The molecule has 0 unspecified atom stereocenters. The van der Waals surface area contributed by atoms with Gasteiger partial charge in [0.15, 0.2) is 0 Å². The Bertz CT molecular complexity index is 464. The van der Waals surface area contributed by atoms with Crippen molar-refractivity contribution in [3.8, 4) is 0 Å². The molecular weight excluding hydrogens is 282 g/mol. The highest BCUT2D eigenvalue weighted by atomic mass is 32.1. The second-order valence-corrected chi connectivity index (χ2v) is 7.39. The van der Waals surface area contributed by atoms with Crippen LogP contribution in [-0.2, 0) is 11.3 Å². The molecule has 0 radical (unpaired) electrons. The molecule has 2 fully saturated rings. The zero-order valence-electron chi connectivity index (χ0n) is 12.6. The maximum atomic E-state index is 11.8. The van der Waals surface area contributed by atoms with E-state index in [1.165, 1.54) is 42.0 Å². The van der Waals surface area contributed by atoms with Gasteiger partial charge in [-0.2, -0.15) is 0 Å². The highest BCUT2D eigenvalue weighted by Gasteiger charge is 2.23. The van der Waals surface area contributed by atoms with Gasteiger partial charge in [-0.1, -0.05) is 19.3 Å². The SMILES string of the molecule is O=C(NCCNCc1cnc(C2CCC2)s1)C1CCCC1. The van der Waals surface area contributed by atoms with E-state index >= 15 is 0 Å². The minimum absolute atomic E-state index is 0.249. The van der Waals surface area contributed by atoms with Gasteiger partial charge in [-0.15, -0.1) is 11.3 Å². The van der Waals surface area contributed by atoms with Crippen LogP contribution in [0.2, 0.25) is 0 Å². The van der Waals surface area contributed by atoms with Crippen LogP contribution in [0.4, 0.5) is 0 Å². The molecule has 2 aliphatic carbocycles. The number of amides is 1. The molecule has 4 nitrogen and oxygen atoms in total. The molecule has 1 heterocycles. The fourth-order valence-electron chi connectivity index (χ4n) is 3.07. The van der Waals surface area contributed by atoms with Gasteiger partial charge in [0.05, 0.1) is 5.01 Å². The van der Waals surface area contributed by atoms with Crippen LogP contribution in [0.25, 0.3) is 0 Å². The fourth-order valence-corrected chi connectivity index (χ4v) is 4.12. The molecule has 0 atom stereocenters. The molecule has 21 heavy (non-hydrogen) atoms. The van der Waals surface area contributed by atoms with E-state index in [9.17, 15) is 4.79 Å². The third-order valence-electron chi connectivity index (χ3n) is 4.65. The van der Waals surface area contributed by atoms with Gasteiger partial charge in [0.2, 0.25) is 5.91 Å². The molecule has 2 saturated carbocycles. The molecule has 116 valence electrons. The molecule has 0 aliphatic heterocycles. The number of thiazole rings is 1. The largest absolute Gasteiger partial charge is 0.355 e. The Morgan fingerprint density at radius 1 is 1.19 bits per heavy atom. The van der Waals surface area contributed by atoms with Crippen molar-refractivity contribution in [2.45, 2.75) is 57.4 Å². The van der Waals surface area contributed by atoms with E-state index in [0.29, 0.717) is 0 Å². The summed E-state index contributed by atoms with van der Waals surface area (Å²) < 4.78 is 0. The average molecular weight is 307 g/mol. The molecule has 1 aromatic heterocycles. The van der Waals surface area contributed by atoms with Gasteiger partial charge in [-0.3, -0.25) is 4.79 Å². The summed E-state index contributed by atoms with van der Waals surface area (Å²) in [6.45, 7) is 2.42. The molecule has 2 N–H and O–H groups in total. The minimum Gasteiger partial charge on any atom is -0.355 e. The zero-order chi connectivity index (χ0) is 14.5.